The zero-order chi connectivity index (χ0) is 23.3. The minimum absolute atomic E-state index is 0.0468. The number of carbonyl (C=O) groups is 1. The second kappa shape index (κ2) is 7.60. The number of nitrogens with one attached hydrogen (secondary N) is 1. The van der Waals surface area contributed by atoms with Crippen LogP contribution in [-0.4, -0.2) is 25.7 Å². The Bertz CT molecular complexity index is 1410. The number of hydrogen-bond acceptors (Lipinski definition) is 6. The lowest BCUT2D eigenvalue weighted by Crippen LogP contribution is -2.16. The summed E-state index contributed by atoms with van der Waals surface area (Å²) in [5.74, 6) is -1.32. The van der Waals surface area contributed by atoms with Crippen molar-refractivity contribution < 1.29 is 14.8 Å². The van der Waals surface area contributed by atoms with Crippen LogP contribution in [0.3, 0.4) is 0 Å². The number of carbonyl (C=O) groups excluding carboxylic acids is 1. The molecule has 0 spiro atoms. The molecule has 0 saturated heterocycles. The van der Waals surface area contributed by atoms with Crippen molar-refractivity contribution in [2.24, 2.45) is 7.05 Å². The molecule has 0 aliphatic heterocycles. The zero-order valence-electron chi connectivity index (χ0n) is 17.7. The summed E-state index contributed by atoms with van der Waals surface area (Å²) in [6.07, 6.45) is 2.88. The lowest BCUT2D eigenvalue weighted by Gasteiger charge is -2.22. The van der Waals surface area contributed by atoms with Crippen molar-refractivity contribution in [1.29, 1.82) is 5.26 Å². The summed E-state index contributed by atoms with van der Waals surface area (Å²) in [5, 5.41) is 38.6. The van der Waals surface area contributed by atoms with E-state index in [1.165, 1.54) is 35.4 Å². The Labute approximate surface area is 188 Å². The number of aliphatic hydroxyl groups is 1. The van der Waals surface area contributed by atoms with Crippen LogP contribution in [0.4, 0.5) is 11.4 Å². The molecular formula is C24H19N5O4. The largest absolute Gasteiger partial charge is 0.504 e. The van der Waals surface area contributed by atoms with Crippen molar-refractivity contribution in [1.82, 2.24) is 9.78 Å². The van der Waals surface area contributed by atoms with E-state index in [0.717, 1.165) is 36.1 Å². The first kappa shape index (κ1) is 20.5. The third-order valence-electron chi connectivity index (χ3n) is 6.29. The van der Waals surface area contributed by atoms with Gasteiger partial charge in [-0.05, 0) is 36.5 Å². The first-order valence-corrected chi connectivity index (χ1v) is 10.5. The molecule has 1 amide bonds. The van der Waals surface area contributed by atoms with Gasteiger partial charge in [-0.2, -0.15) is 10.4 Å². The second-order valence-electron chi connectivity index (χ2n) is 8.15. The topological polar surface area (TPSA) is 134 Å². The maximum absolute atomic E-state index is 12.8. The number of nitro benzene ring substituents is 1. The maximum atomic E-state index is 12.8. The van der Waals surface area contributed by atoms with Crippen LogP contribution in [0.2, 0.25) is 0 Å². The molecule has 164 valence electrons. The maximum Gasteiger partial charge on any atom is 0.271 e. The molecule has 2 aliphatic carbocycles. The predicted molar refractivity (Wildman–Crippen MR) is 120 cm³/mol. The van der Waals surface area contributed by atoms with Crippen LogP contribution in [0.5, 0.6) is 0 Å². The standard InChI is InChI=1S/C24H19N5O4/c1-28-22-17-10-3-6-13-5-2-9-16(19(13)17)20(22)21(27-28)23(30)18(12-25)24(31)26-14-7-4-8-15(11-14)29(32)33/h3-4,6-8,10-11,16,30H,2,5,9H2,1H3,(H,26,31). The molecule has 9 nitrogen and oxygen atoms in total. The third-order valence-corrected chi connectivity index (χ3v) is 6.29. The number of nitrogens with zero attached hydrogens (tertiary/aromatic N) is 4. The first-order valence-electron chi connectivity index (χ1n) is 10.5. The highest BCUT2D eigenvalue weighted by Gasteiger charge is 2.39. The van der Waals surface area contributed by atoms with Crippen molar-refractivity contribution in [2.75, 3.05) is 5.32 Å². The first-order chi connectivity index (χ1) is 15.9. The molecule has 2 aromatic carbocycles. The monoisotopic (exact) mass is 441 g/mol. The Morgan fingerprint density at radius 1 is 1.30 bits per heavy atom. The highest BCUT2D eigenvalue weighted by molar-refractivity contribution is 6.11. The molecule has 0 saturated carbocycles. The number of hydrogen-bond donors (Lipinski definition) is 2. The quantitative estimate of drug-likeness (QED) is 0.205. The van der Waals surface area contributed by atoms with Crippen LogP contribution in [0.25, 0.3) is 17.0 Å². The summed E-state index contributed by atoms with van der Waals surface area (Å²) in [7, 11) is 1.78. The average Bonchev–Trinajstić information content (AvgIpc) is 3.32. The number of nitro groups is 1. The highest BCUT2D eigenvalue weighted by Crippen LogP contribution is 2.52. The lowest BCUT2D eigenvalue weighted by molar-refractivity contribution is -0.384. The second-order valence-corrected chi connectivity index (χ2v) is 8.15. The Hall–Kier alpha value is -4.45. The molecule has 3 aromatic rings. The van der Waals surface area contributed by atoms with Gasteiger partial charge in [0.05, 0.1) is 10.6 Å². The van der Waals surface area contributed by atoms with Gasteiger partial charge in [0.1, 0.15) is 11.8 Å². The summed E-state index contributed by atoms with van der Waals surface area (Å²) in [4.78, 5) is 23.2. The average molecular weight is 441 g/mol. The van der Waals surface area contributed by atoms with Gasteiger partial charge in [-0.1, -0.05) is 24.3 Å². The fourth-order valence-electron chi connectivity index (χ4n) is 4.96. The summed E-state index contributed by atoms with van der Waals surface area (Å²) in [5.41, 5.74) is 4.95. The minimum Gasteiger partial charge on any atom is -0.504 e. The molecule has 0 fully saturated rings. The van der Waals surface area contributed by atoms with Crippen molar-refractivity contribution >= 4 is 23.0 Å². The number of amides is 1. The van der Waals surface area contributed by atoms with Gasteiger partial charge in [0.25, 0.3) is 11.6 Å². The van der Waals surface area contributed by atoms with Gasteiger partial charge in [-0.25, -0.2) is 0 Å². The molecule has 5 rings (SSSR count). The molecule has 9 heteroatoms. The molecule has 1 atom stereocenters. The Balaban J connectivity index is 1.56. The van der Waals surface area contributed by atoms with Gasteiger partial charge in [-0.15, -0.1) is 0 Å². The van der Waals surface area contributed by atoms with E-state index < -0.39 is 22.2 Å². The molecule has 2 aliphatic rings. The van der Waals surface area contributed by atoms with E-state index in [-0.39, 0.29) is 23.0 Å². The van der Waals surface area contributed by atoms with Crippen molar-refractivity contribution in [3.05, 3.63) is 80.5 Å². The van der Waals surface area contributed by atoms with Crippen molar-refractivity contribution in [3.63, 3.8) is 0 Å². The molecular weight excluding hydrogens is 422 g/mol. The van der Waals surface area contributed by atoms with Crippen LogP contribution in [0.15, 0.2) is 48.0 Å². The molecule has 0 radical (unpaired) electrons. The van der Waals surface area contributed by atoms with Crippen LogP contribution in [0, 0.1) is 21.4 Å². The molecule has 1 unspecified atom stereocenters. The number of aliphatic hydroxyl groups excluding tert-OH is 1. The van der Waals surface area contributed by atoms with Gasteiger partial charge in [0.15, 0.2) is 11.3 Å². The number of fused-ring (bicyclic) bond motifs is 3. The van der Waals surface area contributed by atoms with Gasteiger partial charge in [0.2, 0.25) is 0 Å². The normalized spacial score (nSPS) is 16.3. The molecule has 33 heavy (non-hydrogen) atoms. The van der Waals surface area contributed by atoms with Gasteiger partial charge in [-0.3, -0.25) is 19.6 Å². The Kier molecular flexibility index (Phi) is 4.71. The summed E-state index contributed by atoms with van der Waals surface area (Å²) in [6.45, 7) is 0. The van der Waals surface area contributed by atoms with E-state index in [9.17, 15) is 25.3 Å². The third kappa shape index (κ3) is 3.15. The molecule has 0 bridgehead atoms. The predicted octanol–water partition coefficient (Wildman–Crippen LogP) is 4.21. The fourth-order valence-corrected chi connectivity index (χ4v) is 4.96. The van der Waals surface area contributed by atoms with E-state index in [4.69, 9.17) is 0 Å². The van der Waals surface area contributed by atoms with Crippen LogP contribution in [0.1, 0.15) is 41.1 Å². The Morgan fingerprint density at radius 3 is 2.85 bits per heavy atom. The Morgan fingerprint density at radius 2 is 2.09 bits per heavy atom. The number of nitriles is 1. The number of benzene rings is 2. The van der Waals surface area contributed by atoms with E-state index >= 15 is 0 Å². The van der Waals surface area contributed by atoms with E-state index in [0.29, 0.717) is 0 Å². The number of non-ortho nitro benzene ring substituents is 1. The van der Waals surface area contributed by atoms with E-state index in [1.807, 2.05) is 12.1 Å². The van der Waals surface area contributed by atoms with Crippen LogP contribution in [-0.2, 0) is 18.3 Å². The number of rotatable bonds is 4. The van der Waals surface area contributed by atoms with Crippen LogP contribution >= 0.6 is 0 Å². The summed E-state index contributed by atoms with van der Waals surface area (Å²) in [6, 6.07) is 13.3. The summed E-state index contributed by atoms with van der Waals surface area (Å²) < 4.78 is 1.68. The van der Waals surface area contributed by atoms with Crippen molar-refractivity contribution in [2.45, 2.75) is 25.2 Å². The fraction of sp³-hybridized carbons (Fsp3) is 0.208. The minimum atomic E-state index is -0.866. The number of anilines is 1. The highest BCUT2D eigenvalue weighted by atomic mass is 16.6. The molecule has 2 N–H and O–H groups in total. The molecule has 1 heterocycles. The summed E-state index contributed by atoms with van der Waals surface area (Å²) >= 11 is 0. The smallest absolute Gasteiger partial charge is 0.271 e. The number of aryl methyl sites for hydroxylation is 2. The van der Waals surface area contributed by atoms with Crippen LogP contribution < -0.4 is 5.32 Å². The zero-order valence-corrected chi connectivity index (χ0v) is 17.7. The van der Waals surface area contributed by atoms with Gasteiger partial charge < -0.3 is 10.4 Å². The molecule has 1 aromatic heterocycles. The number of aromatic nitrogens is 2. The van der Waals surface area contributed by atoms with E-state index in [2.05, 4.69) is 16.5 Å². The lowest BCUT2D eigenvalue weighted by atomic mass is 9.81. The van der Waals surface area contributed by atoms with Gasteiger partial charge >= 0.3 is 0 Å². The SMILES string of the molecule is Cn1nc(C(O)=C(C#N)C(=O)Nc2cccc([N+](=O)[O-])c2)c2c1-c1cccc3c1C2CCC3. The van der Waals surface area contributed by atoms with E-state index in [1.54, 1.807) is 17.8 Å². The van der Waals surface area contributed by atoms with Gasteiger partial charge in [0, 0.05) is 41.9 Å². The van der Waals surface area contributed by atoms with Crippen molar-refractivity contribution in [3.8, 4) is 17.3 Å².